The van der Waals surface area contributed by atoms with E-state index in [4.69, 9.17) is 0 Å². The van der Waals surface area contributed by atoms with Crippen molar-refractivity contribution in [2.24, 2.45) is 0 Å². The Morgan fingerprint density at radius 3 is 1.71 bits per heavy atom. The Hall–Kier alpha value is -2.47. The maximum Gasteiger partial charge on any atom is 0.215 e. The van der Waals surface area contributed by atoms with Gasteiger partial charge in [-0.05, 0) is 23.6 Å². The average Bonchev–Trinajstić information content (AvgIpc) is 2.69. The van der Waals surface area contributed by atoms with Crippen molar-refractivity contribution in [3.63, 3.8) is 0 Å². The van der Waals surface area contributed by atoms with E-state index in [2.05, 4.69) is 4.72 Å². The second-order valence-electron chi connectivity index (χ2n) is 7.18. The van der Waals surface area contributed by atoms with E-state index in [1.54, 1.807) is 19.1 Å². The van der Waals surface area contributed by atoms with E-state index in [0.29, 0.717) is 5.56 Å². The van der Waals surface area contributed by atoms with E-state index in [1.165, 1.54) is 0 Å². The van der Waals surface area contributed by atoms with E-state index in [-0.39, 0.29) is 18.2 Å². The molecule has 3 aromatic rings. The molecular formula is C23H25NO3S. The normalized spacial score (nSPS) is 14.0. The maximum absolute atomic E-state index is 12.5. The van der Waals surface area contributed by atoms with Gasteiger partial charge in [0.15, 0.2) is 0 Å². The molecule has 0 bridgehead atoms. The van der Waals surface area contributed by atoms with Crippen LogP contribution in [0.4, 0.5) is 0 Å². The number of nitrogens with one attached hydrogen (secondary N) is 1. The lowest BCUT2D eigenvalue weighted by Gasteiger charge is -2.34. The van der Waals surface area contributed by atoms with Crippen LogP contribution in [0.25, 0.3) is 0 Å². The van der Waals surface area contributed by atoms with Crippen molar-refractivity contribution in [2.45, 2.75) is 24.2 Å². The van der Waals surface area contributed by atoms with Crippen molar-refractivity contribution in [2.75, 3.05) is 6.54 Å². The molecule has 0 radical (unpaired) electrons. The molecule has 0 amide bonds. The van der Waals surface area contributed by atoms with Crippen LogP contribution in [0.1, 0.15) is 29.5 Å². The van der Waals surface area contributed by atoms with Crippen molar-refractivity contribution in [1.29, 1.82) is 0 Å². The van der Waals surface area contributed by atoms with Crippen molar-refractivity contribution < 1.29 is 13.5 Å². The molecule has 5 heteroatoms. The van der Waals surface area contributed by atoms with Crippen LogP contribution in [-0.4, -0.2) is 25.7 Å². The Labute approximate surface area is 166 Å². The summed E-state index contributed by atoms with van der Waals surface area (Å²) < 4.78 is 27.6. The van der Waals surface area contributed by atoms with Crippen molar-refractivity contribution in [1.82, 2.24) is 4.72 Å². The highest BCUT2D eigenvalue weighted by Crippen LogP contribution is 2.34. The number of rotatable bonds is 8. The molecule has 3 rings (SSSR count). The first-order valence-electron chi connectivity index (χ1n) is 9.21. The third kappa shape index (κ3) is 5.29. The van der Waals surface area contributed by atoms with Crippen LogP contribution in [-0.2, 0) is 15.8 Å². The number of hydrogen-bond donors (Lipinski definition) is 2. The van der Waals surface area contributed by atoms with Gasteiger partial charge in [0.05, 0.1) is 11.4 Å². The van der Waals surface area contributed by atoms with Gasteiger partial charge in [-0.15, -0.1) is 0 Å². The van der Waals surface area contributed by atoms with Crippen LogP contribution in [0.15, 0.2) is 91.0 Å². The van der Waals surface area contributed by atoms with Gasteiger partial charge in [-0.25, -0.2) is 13.1 Å². The van der Waals surface area contributed by atoms with E-state index in [1.807, 2.05) is 78.9 Å². The fourth-order valence-electron chi connectivity index (χ4n) is 3.40. The molecule has 4 nitrogen and oxygen atoms in total. The average molecular weight is 396 g/mol. The zero-order valence-electron chi connectivity index (χ0n) is 15.8. The fraction of sp³-hybridized carbons (Fsp3) is 0.217. The standard InChI is InChI=1S/C23H25NO3S/c1-23(25,18-24-28(26,27)17-19-11-5-2-6-12-19)22(20-13-7-3-8-14-20)21-15-9-4-10-16-21/h2-16,22,24-25H,17-18H2,1H3/t23-/m0/s1. The van der Waals surface area contributed by atoms with Gasteiger partial charge < -0.3 is 5.11 Å². The summed E-state index contributed by atoms with van der Waals surface area (Å²) in [5.41, 5.74) is 1.26. The smallest absolute Gasteiger partial charge is 0.215 e. The lowest BCUT2D eigenvalue weighted by atomic mass is 9.78. The zero-order chi connectivity index (χ0) is 20.0. The molecule has 28 heavy (non-hydrogen) atoms. The molecule has 146 valence electrons. The van der Waals surface area contributed by atoms with Crippen LogP contribution < -0.4 is 4.72 Å². The highest BCUT2D eigenvalue weighted by molar-refractivity contribution is 7.88. The molecule has 0 aliphatic carbocycles. The molecule has 0 saturated carbocycles. The molecular weight excluding hydrogens is 370 g/mol. The minimum absolute atomic E-state index is 0.0867. The fourth-order valence-corrected chi connectivity index (χ4v) is 4.65. The predicted octanol–water partition coefficient (Wildman–Crippen LogP) is 3.69. The Bertz CT molecular complexity index is 933. The second-order valence-corrected chi connectivity index (χ2v) is 8.98. The van der Waals surface area contributed by atoms with Crippen molar-refractivity contribution >= 4 is 10.0 Å². The first kappa shape index (κ1) is 20.3. The first-order chi connectivity index (χ1) is 13.4. The highest BCUT2D eigenvalue weighted by atomic mass is 32.2. The lowest BCUT2D eigenvalue weighted by molar-refractivity contribution is 0.0481. The molecule has 2 N–H and O–H groups in total. The van der Waals surface area contributed by atoms with Gasteiger partial charge in [-0.1, -0.05) is 91.0 Å². The van der Waals surface area contributed by atoms with Crippen molar-refractivity contribution in [3.8, 4) is 0 Å². The molecule has 0 aliphatic heterocycles. The lowest BCUT2D eigenvalue weighted by Crippen LogP contribution is -2.45. The Kier molecular flexibility index (Phi) is 6.29. The summed E-state index contributed by atoms with van der Waals surface area (Å²) in [4.78, 5) is 0. The van der Waals surface area contributed by atoms with Gasteiger partial charge in [0.25, 0.3) is 0 Å². The molecule has 0 aliphatic rings. The van der Waals surface area contributed by atoms with Crippen molar-refractivity contribution in [3.05, 3.63) is 108 Å². The summed E-state index contributed by atoms with van der Waals surface area (Å²) >= 11 is 0. The SMILES string of the molecule is C[C@](O)(CNS(=O)(=O)Cc1ccccc1)C(c1ccccc1)c1ccccc1. The van der Waals surface area contributed by atoms with Crippen LogP contribution in [0.5, 0.6) is 0 Å². The third-order valence-corrected chi connectivity index (χ3v) is 6.03. The maximum atomic E-state index is 12.5. The van der Waals surface area contributed by atoms with Gasteiger partial charge in [0.1, 0.15) is 0 Å². The van der Waals surface area contributed by atoms with E-state index >= 15 is 0 Å². The summed E-state index contributed by atoms with van der Waals surface area (Å²) in [5.74, 6) is -0.486. The number of sulfonamides is 1. The van der Waals surface area contributed by atoms with E-state index in [9.17, 15) is 13.5 Å². The summed E-state index contributed by atoms with van der Waals surface area (Å²) in [7, 11) is -3.58. The molecule has 0 unspecified atom stereocenters. The van der Waals surface area contributed by atoms with Gasteiger partial charge >= 0.3 is 0 Å². The largest absolute Gasteiger partial charge is 0.388 e. The summed E-state index contributed by atoms with van der Waals surface area (Å²) in [6.07, 6.45) is 0. The molecule has 0 aromatic heterocycles. The first-order valence-corrected chi connectivity index (χ1v) is 10.9. The number of aliphatic hydroxyl groups is 1. The number of hydrogen-bond acceptors (Lipinski definition) is 3. The topological polar surface area (TPSA) is 66.4 Å². The quantitative estimate of drug-likeness (QED) is 0.611. The third-order valence-electron chi connectivity index (χ3n) is 4.74. The summed E-state index contributed by atoms with van der Waals surface area (Å²) in [6.45, 7) is 1.58. The molecule has 1 atom stereocenters. The molecule has 0 fully saturated rings. The van der Waals surface area contributed by atoms with Crippen LogP contribution in [0.3, 0.4) is 0 Å². The zero-order valence-corrected chi connectivity index (χ0v) is 16.6. The van der Waals surface area contributed by atoms with Gasteiger partial charge in [-0.3, -0.25) is 0 Å². The van der Waals surface area contributed by atoms with Gasteiger partial charge in [-0.2, -0.15) is 0 Å². The second kappa shape index (κ2) is 8.69. The van der Waals surface area contributed by atoms with E-state index in [0.717, 1.165) is 11.1 Å². The van der Waals surface area contributed by atoms with Gasteiger partial charge in [0.2, 0.25) is 10.0 Å². The molecule has 0 saturated heterocycles. The number of benzene rings is 3. The summed E-state index contributed by atoms with van der Waals surface area (Å²) in [5, 5.41) is 11.3. The molecule has 0 heterocycles. The molecule has 0 spiro atoms. The Balaban J connectivity index is 1.82. The Morgan fingerprint density at radius 2 is 1.25 bits per heavy atom. The predicted molar refractivity (Wildman–Crippen MR) is 112 cm³/mol. The van der Waals surface area contributed by atoms with Crippen LogP contribution in [0, 0.1) is 0 Å². The highest BCUT2D eigenvalue weighted by Gasteiger charge is 2.35. The van der Waals surface area contributed by atoms with Crippen LogP contribution in [0.2, 0.25) is 0 Å². The minimum atomic E-state index is -3.58. The molecule has 3 aromatic carbocycles. The minimum Gasteiger partial charge on any atom is -0.388 e. The summed E-state index contributed by atoms with van der Waals surface area (Å²) in [6, 6.07) is 28.3. The van der Waals surface area contributed by atoms with Crippen LogP contribution >= 0.6 is 0 Å². The Morgan fingerprint density at radius 1 is 0.821 bits per heavy atom. The van der Waals surface area contributed by atoms with Gasteiger partial charge in [0, 0.05) is 12.5 Å². The monoisotopic (exact) mass is 395 g/mol. The van der Waals surface area contributed by atoms with E-state index < -0.39 is 15.6 Å².